The summed E-state index contributed by atoms with van der Waals surface area (Å²) in [5, 5.41) is 0. The predicted octanol–water partition coefficient (Wildman–Crippen LogP) is 18.9. The molecule has 0 spiro atoms. The molecule has 0 N–H and O–H groups in total. The maximum absolute atomic E-state index is 4.04. The standard InChI is InChI=1S/C66H54N2/c1-4-7-8-11-19-50-26-40-60(41-27-50)67(61-42-34-56(35-43-61)52-20-12-9-13-21-52)62-44-36-58(37-45-62)55-28-30-59(31-29-55)65-24-16-17-25-66(65)68(63-46-32-54(33-47-63)51(6-3)18-5-2)64-48-38-57(39-49-64)53-22-14-10-15-23-53/h4-9,11-14,16-49H,1-3,10,15H2/b8-7-,19-11+,51-18+. The third-order valence-electron chi connectivity index (χ3n) is 12.3. The smallest absolute Gasteiger partial charge is 0.0540 e. The minimum Gasteiger partial charge on any atom is -0.311 e. The number of hydrogen-bond acceptors (Lipinski definition) is 2. The summed E-state index contributed by atoms with van der Waals surface area (Å²) in [4.78, 5) is 4.68. The van der Waals surface area contributed by atoms with Crippen molar-refractivity contribution in [3.05, 3.63) is 297 Å². The molecule has 328 valence electrons. The van der Waals surface area contributed by atoms with E-state index in [-0.39, 0.29) is 0 Å². The van der Waals surface area contributed by atoms with Crippen molar-refractivity contribution in [2.45, 2.75) is 12.8 Å². The van der Waals surface area contributed by atoms with Gasteiger partial charge >= 0.3 is 0 Å². The van der Waals surface area contributed by atoms with Gasteiger partial charge in [0.25, 0.3) is 0 Å². The second kappa shape index (κ2) is 21.5. The zero-order chi connectivity index (χ0) is 46.5. The van der Waals surface area contributed by atoms with Crippen molar-refractivity contribution in [2.24, 2.45) is 0 Å². The molecule has 2 nitrogen and oxygen atoms in total. The quantitative estimate of drug-likeness (QED) is 0.0893. The van der Waals surface area contributed by atoms with Gasteiger partial charge in [0.05, 0.1) is 5.69 Å². The summed E-state index contributed by atoms with van der Waals surface area (Å²) in [6.45, 7) is 11.7. The van der Waals surface area contributed by atoms with Crippen LogP contribution in [0.4, 0.5) is 34.1 Å². The highest BCUT2D eigenvalue weighted by Gasteiger charge is 2.19. The lowest BCUT2D eigenvalue weighted by molar-refractivity contribution is 1.04. The van der Waals surface area contributed by atoms with E-state index in [1.54, 1.807) is 12.2 Å². The van der Waals surface area contributed by atoms with Gasteiger partial charge in [0.15, 0.2) is 0 Å². The van der Waals surface area contributed by atoms with Crippen molar-refractivity contribution in [1.82, 2.24) is 0 Å². The Balaban J connectivity index is 1.03. The average Bonchev–Trinajstić information content (AvgIpc) is 3.41. The summed E-state index contributed by atoms with van der Waals surface area (Å²) in [5.74, 6) is 0. The van der Waals surface area contributed by atoms with Crippen molar-refractivity contribution >= 4 is 51.3 Å². The van der Waals surface area contributed by atoms with E-state index in [4.69, 9.17) is 0 Å². The highest BCUT2D eigenvalue weighted by molar-refractivity contribution is 5.90. The molecule has 68 heavy (non-hydrogen) atoms. The number of hydrogen-bond donors (Lipinski definition) is 0. The molecule has 0 radical (unpaired) electrons. The van der Waals surface area contributed by atoms with E-state index in [9.17, 15) is 0 Å². The first kappa shape index (κ1) is 44.5. The number of rotatable bonds is 16. The minimum atomic E-state index is 1.03. The van der Waals surface area contributed by atoms with Gasteiger partial charge in [0, 0.05) is 34.0 Å². The summed E-state index contributed by atoms with van der Waals surface area (Å²) < 4.78 is 0. The third kappa shape index (κ3) is 10.2. The fourth-order valence-electron chi connectivity index (χ4n) is 8.75. The van der Waals surface area contributed by atoms with Gasteiger partial charge in [0.1, 0.15) is 0 Å². The second-order valence-corrected chi connectivity index (χ2v) is 16.6. The Kier molecular flexibility index (Phi) is 14.1. The van der Waals surface area contributed by atoms with Crippen LogP contribution >= 0.6 is 0 Å². The fourth-order valence-corrected chi connectivity index (χ4v) is 8.75. The number of allylic oxidation sites excluding steroid dienone is 12. The highest BCUT2D eigenvalue weighted by atomic mass is 15.1. The molecule has 0 saturated carbocycles. The van der Waals surface area contributed by atoms with Crippen LogP contribution in [-0.4, -0.2) is 0 Å². The third-order valence-corrected chi connectivity index (χ3v) is 12.3. The van der Waals surface area contributed by atoms with Gasteiger partial charge in [-0.3, -0.25) is 0 Å². The molecule has 0 unspecified atom stereocenters. The van der Waals surface area contributed by atoms with Crippen LogP contribution in [0.5, 0.6) is 0 Å². The van der Waals surface area contributed by atoms with Crippen molar-refractivity contribution in [3.8, 4) is 33.4 Å². The molecule has 0 heterocycles. The van der Waals surface area contributed by atoms with E-state index in [0.29, 0.717) is 0 Å². The zero-order valence-corrected chi connectivity index (χ0v) is 38.3. The van der Waals surface area contributed by atoms with Crippen LogP contribution in [0.2, 0.25) is 0 Å². The second-order valence-electron chi connectivity index (χ2n) is 16.6. The van der Waals surface area contributed by atoms with Crippen LogP contribution in [0.15, 0.2) is 281 Å². The van der Waals surface area contributed by atoms with Gasteiger partial charge in [-0.25, -0.2) is 0 Å². The zero-order valence-electron chi connectivity index (χ0n) is 38.3. The first-order valence-electron chi connectivity index (χ1n) is 23.2. The Labute approximate surface area is 402 Å². The maximum Gasteiger partial charge on any atom is 0.0540 e. The van der Waals surface area contributed by atoms with Crippen LogP contribution in [0.1, 0.15) is 29.5 Å². The summed E-state index contributed by atoms with van der Waals surface area (Å²) in [7, 11) is 0. The fraction of sp³-hybridized carbons (Fsp3) is 0.0303. The largest absolute Gasteiger partial charge is 0.311 e. The van der Waals surface area contributed by atoms with E-state index in [1.807, 2.05) is 30.4 Å². The molecule has 8 aromatic rings. The first-order valence-corrected chi connectivity index (χ1v) is 23.2. The Morgan fingerprint density at radius 3 is 1.47 bits per heavy atom. The van der Waals surface area contributed by atoms with Crippen LogP contribution in [0, 0.1) is 0 Å². The Morgan fingerprint density at radius 2 is 0.912 bits per heavy atom. The number of para-hydroxylation sites is 1. The molecule has 0 bridgehead atoms. The number of benzene rings is 8. The van der Waals surface area contributed by atoms with E-state index in [1.165, 1.54) is 22.3 Å². The van der Waals surface area contributed by atoms with Gasteiger partial charge < -0.3 is 9.80 Å². The van der Waals surface area contributed by atoms with Crippen molar-refractivity contribution < 1.29 is 0 Å². The van der Waals surface area contributed by atoms with E-state index in [0.717, 1.165) is 85.9 Å². The number of anilines is 6. The summed E-state index contributed by atoms with van der Waals surface area (Å²) in [6.07, 6.45) is 24.5. The van der Waals surface area contributed by atoms with Gasteiger partial charge in [-0.2, -0.15) is 0 Å². The lowest BCUT2D eigenvalue weighted by Gasteiger charge is -2.28. The molecular weight excluding hydrogens is 821 g/mol. The first-order chi connectivity index (χ1) is 33.6. The van der Waals surface area contributed by atoms with Gasteiger partial charge in [0.2, 0.25) is 0 Å². The van der Waals surface area contributed by atoms with Gasteiger partial charge in [-0.15, -0.1) is 0 Å². The topological polar surface area (TPSA) is 6.48 Å². The molecule has 0 aromatic heterocycles. The molecule has 0 saturated heterocycles. The molecule has 0 aliphatic heterocycles. The Morgan fingerprint density at radius 1 is 0.412 bits per heavy atom. The molecular formula is C66H54N2. The molecule has 9 rings (SSSR count). The van der Waals surface area contributed by atoms with Crippen molar-refractivity contribution in [2.75, 3.05) is 9.80 Å². The molecule has 1 aliphatic rings. The molecule has 8 aromatic carbocycles. The lowest BCUT2D eigenvalue weighted by atomic mass is 9.97. The van der Waals surface area contributed by atoms with Crippen LogP contribution < -0.4 is 9.80 Å². The van der Waals surface area contributed by atoms with Crippen LogP contribution in [0.3, 0.4) is 0 Å². The Bertz CT molecular complexity index is 3140. The number of nitrogens with zero attached hydrogens (tertiary/aromatic N) is 2. The lowest BCUT2D eigenvalue weighted by Crippen LogP contribution is -2.11. The van der Waals surface area contributed by atoms with Gasteiger partial charge in [-0.05, 0) is 135 Å². The van der Waals surface area contributed by atoms with E-state index < -0.39 is 0 Å². The monoisotopic (exact) mass is 874 g/mol. The van der Waals surface area contributed by atoms with Crippen molar-refractivity contribution in [1.29, 1.82) is 0 Å². The average molecular weight is 875 g/mol. The predicted molar refractivity (Wildman–Crippen MR) is 295 cm³/mol. The Hall–Kier alpha value is -8.72. The normalized spacial score (nSPS) is 12.5. The SMILES string of the molecule is C=C/C=C\C=C\c1ccc(N(c2ccc(-c3ccccc3)cc2)c2ccc(-c3ccc(-c4ccccc4N(c4ccc(C5=CCCC=C5)cc4)c4ccc(/C(C=C)=C/C=C)cc4)cc3)cc2)cc1. The minimum absolute atomic E-state index is 1.03. The summed E-state index contributed by atoms with van der Waals surface area (Å²) >= 11 is 0. The molecule has 0 amide bonds. The van der Waals surface area contributed by atoms with E-state index in [2.05, 4.69) is 254 Å². The highest BCUT2D eigenvalue weighted by Crippen LogP contribution is 2.43. The van der Waals surface area contributed by atoms with Crippen molar-refractivity contribution in [3.63, 3.8) is 0 Å². The summed E-state index contributed by atoms with van der Waals surface area (Å²) in [5.41, 5.74) is 19.2. The molecule has 1 aliphatic carbocycles. The van der Waals surface area contributed by atoms with Gasteiger partial charge in [-0.1, -0.05) is 220 Å². The van der Waals surface area contributed by atoms with Crippen LogP contribution in [0.25, 0.3) is 50.6 Å². The summed E-state index contributed by atoms with van der Waals surface area (Å²) in [6, 6.07) is 72.2. The molecule has 0 atom stereocenters. The van der Waals surface area contributed by atoms with E-state index >= 15 is 0 Å². The molecule has 2 heteroatoms. The molecule has 0 fully saturated rings. The maximum atomic E-state index is 4.04. The van der Waals surface area contributed by atoms with Crippen LogP contribution in [-0.2, 0) is 0 Å².